The van der Waals surface area contributed by atoms with Crippen LogP contribution in [0.2, 0.25) is 10.0 Å². The zero-order valence-electron chi connectivity index (χ0n) is 20.1. The summed E-state index contributed by atoms with van der Waals surface area (Å²) in [6.07, 6.45) is 0. The highest BCUT2D eigenvalue weighted by molar-refractivity contribution is 7.86. The van der Waals surface area contributed by atoms with Crippen molar-refractivity contribution in [3.8, 4) is 11.5 Å². The number of hydrogen-bond donors (Lipinski definition) is 3. The van der Waals surface area contributed by atoms with Crippen molar-refractivity contribution in [2.75, 3.05) is 11.9 Å². The van der Waals surface area contributed by atoms with E-state index in [-0.39, 0.29) is 38.2 Å². The molecule has 0 atom stereocenters. The number of anilines is 1. The summed E-state index contributed by atoms with van der Waals surface area (Å²) in [6, 6.07) is 15.6. The van der Waals surface area contributed by atoms with Crippen LogP contribution in [-0.4, -0.2) is 30.6 Å². The molecule has 0 unspecified atom stereocenters. The first kappa shape index (κ1) is 27.3. The van der Waals surface area contributed by atoms with E-state index < -0.39 is 26.7 Å². The highest BCUT2D eigenvalue weighted by Gasteiger charge is 2.22. The van der Waals surface area contributed by atoms with Gasteiger partial charge in [-0.15, -0.1) is 10.2 Å². The minimum absolute atomic E-state index is 0.0960. The number of hydrogen-bond acceptors (Lipinski definition) is 7. The maximum Gasteiger partial charge on any atom is 0.297 e. The van der Waals surface area contributed by atoms with Crippen molar-refractivity contribution >= 4 is 67.1 Å². The summed E-state index contributed by atoms with van der Waals surface area (Å²) in [4.78, 5) is 12.7. The van der Waals surface area contributed by atoms with Crippen LogP contribution >= 0.6 is 23.2 Å². The predicted octanol–water partition coefficient (Wildman–Crippen LogP) is 7.47. The van der Waals surface area contributed by atoms with E-state index in [1.165, 1.54) is 25.1 Å². The van der Waals surface area contributed by atoms with E-state index in [1.807, 2.05) is 6.92 Å². The molecule has 0 aliphatic rings. The van der Waals surface area contributed by atoms with Gasteiger partial charge in [0.1, 0.15) is 22.0 Å². The maximum atomic E-state index is 13.2. The number of carbonyl (C=O) groups excluding carboxylic acids is 1. The molecule has 0 spiro atoms. The lowest BCUT2D eigenvalue weighted by atomic mass is 10.0. The van der Waals surface area contributed by atoms with Crippen molar-refractivity contribution in [1.29, 1.82) is 0 Å². The summed E-state index contributed by atoms with van der Waals surface area (Å²) in [7, 11) is -4.67. The van der Waals surface area contributed by atoms with E-state index in [0.717, 1.165) is 0 Å². The molecule has 4 aromatic carbocycles. The highest BCUT2D eigenvalue weighted by atomic mass is 35.5. The van der Waals surface area contributed by atoms with E-state index >= 15 is 0 Å². The van der Waals surface area contributed by atoms with Crippen LogP contribution in [0.4, 0.5) is 17.1 Å². The Balaban J connectivity index is 1.83. The third kappa shape index (κ3) is 5.73. The lowest BCUT2D eigenvalue weighted by Crippen LogP contribution is -2.12. The van der Waals surface area contributed by atoms with Crippen LogP contribution in [0.25, 0.3) is 10.8 Å². The lowest BCUT2D eigenvalue weighted by molar-refractivity contribution is 0.102. The Bertz CT molecular complexity index is 1710. The van der Waals surface area contributed by atoms with E-state index in [4.69, 9.17) is 27.9 Å². The van der Waals surface area contributed by atoms with Crippen molar-refractivity contribution in [3.05, 3.63) is 81.8 Å². The van der Waals surface area contributed by atoms with Crippen molar-refractivity contribution in [2.24, 2.45) is 10.2 Å². The molecule has 0 aliphatic heterocycles. The largest absolute Gasteiger partial charge is 0.505 e. The fourth-order valence-corrected chi connectivity index (χ4v) is 5.13. The molecule has 0 fully saturated rings. The molecule has 9 nitrogen and oxygen atoms in total. The van der Waals surface area contributed by atoms with Gasteiger partial charge in [-0.2, -0.15) is 8.42 Å². The molecule has 0 radical (unpaired) electrons. The number of phenolic OH excluding ortho intramolecular Hbond substituents is 1. The number of nitrogens with one attached hydrogen (secondary N) is 1. The standard InChI is InChI=1S/C26H21Cl2N3O6S/c1-3-37-17-8-9-20(28)21(13-17)29-26(33)19-11-15-6-4-5-7-18(15)23(24(19)32)31-30-22-12-16(27)10-14(2)25(22)38(34,35)36/h4-13,32H,3H2,1-2H3,(H,29,33)(H,34,35,36). The number of aryl methyl sites for hydroxylation is 1. The van der Waals surface area contributed by atoms with Crippen LogP contribution in [0.3, 0.4) is 0 Å². The summed E-state index contributed by atoms with van der Waals surface area (Å²) >= 11 is 12.3. The molecule has 1 amide bonds. The monoisotopic (exact) mass is 573 g/mol. The Labute approximate surface area is 228 Å². The zero-order valence-corrected chi connectivity index (χ0v) is 22.4. The summed E-state index contributed by atoms with van der Waals surface area (Å²) < 4.78 is 39.1. The molecule has 196 valence electrons. The van der Waals surface area contributed by atoms with Crippen LogP contribution in [0.15, 0.2) is 75.8 Å². The van der Waals surface area contributed by atoms with Crippen LogP contribution in [0.1, 0.15) is 22.8 Å². The van der Waals surface area contributed by atoms with Gasteiger partial charge in [0.25, 0.3) is 16.0 Å². The van der Waals surface area contributed by atoms with Crippen LogP contribution in [0, 0.1) is 6.92 Å². The second-order valence-electron chi connectivity index (χ2n) is 8.12. The molecule has 12 heteroatoms. The third-order valence-electron chi connectivity index (χ3n) is 5.47. The smallest absolute Gasteiger partial charge is 0.297 e. The first-order chi connectivity index (χ1) is 18.0. The molecule has 0 saturated carbocycles. The predicted molar refractivity (Wildman–Crippen MR) is 146 cm³/mol. The van der Waals surface area contributed by atoms with Crippen molar-refractivity contribution in [3.63, 3.8) is 0 Å². The van der Waals surface area contributed by atoms with E-state index in [1.54, 1.807) is 42.5 Å². The molecular formula is C26H21Cl2N3O6S. The fraction of sp³-hybridized carbons (Fsp3) is 0.115. The quantitative estimate of drug-likeness (QED) is 0.155. The summed E-state index contributed by atoms with van der Waals surface area (Å²) in [5.74, 6) is -0.692. The fourth-order valence-electron chi connectivity index (χ4n) is 3.86. The third-order valence-corrected chi connectivity index (χ3v) is 7.07. The molecule has 0 bridgehead atoms. The molecule has 0 saturated heterocycles. The van der Waals surface area contributed by atoms with Gasteiger partial charge < -0.3 is 15.2 Å². The molecular weight excluding hydrogens is 553 g/mol. The topological polar surface area (TPSA) is 138 Å². The number of halogens is 2. The average molecular weight is 574 g/mol. The van der Waals surface area contributed by atoms with Crippen LogP contribution in [0.5, 0.6) is 11.5 Å². The Morgan fingerprint density at radius 2 is 1.79 bits per heavy atom. The number of amides is 1. The van der Waals surface area contributed by atoms with Gasteiger partial charge in [0, 0.05) is 16.5 Å². The first-order valence-electron chi connectivity index (χ1n) is 11.2. The number of phenols is 1. The Hall–Kier alpha value is -3.70. The van der Waals surface area contributed by atoms with Crippen molar-refractivity contribution < 1.29 is 27.6 Å². The highest BCUT2D eigenvalue weighted by Crippen LogP contribution is 2.41. The van der Waals surface area contributed by atoms with Gasteiger partial charge in [0.15, 0.2) is 5.75 Å². The second kappa shape index (κ2) is 11.0. The van der Waals surface area contributed by atoms with Crippen molar-refractivity contribution in [2.45, 2.75) is 18.7 Å². The van der Waals surface area contributed by atoms with Crippen LogP contribution < -0.4 is 10.1 Å². The number of nitrogens with zero attached hydrogens (tertiary/aromatic N) is 2. The molecule has 0 aliphatic carbocycles. The SMILES string of the molecule is CCOc1ccc(Cl)c(NC(=O)c2cc3ccccc3c(N=Nc3cc(Cl)cc(C)c3S(=O)(=O)O)c2O)c1. The number of azo groups is 1. The van der Waals surface area contributed by atoms with Gasteiger partial charge in [-0.25, -0.2) is 0 Å². The number of fused-ring (bicyclic) bond motifs is 1. The maximum absolute atomic E-state index is 13.2. The van der Waals surface area contributed by atoms with E-state index in [2.05, 4.69) is 15.5 Å². The van der Waals surface area contributed by atoms with E-state index in [0.29, 0.717) is 23.1 Å². The Kier molecular flexibility index (Phi) is 7.89. The number of rotatable bonds is 7. The normalized spacial score (nSPS) is 11.7. The molecule has 3 N–H and O–H groups in total. The van der Waals surface area contributed by atoms with Gasteiger partial charge in [0.2, 0.25) is 0 Å². The summed E-state index contributed by atoms with van der Waals surface area (Å²) in [5.41, 5.74) is -0.0441. The minimum atomic E-state index is -4.67. The molecule has 0 heterocycles. The number of aromatic hydroxyl groups is 1. The van der Waals surface area contributed by atoms with Gasteiger partial charge in [-0.1, -0.05) is 47.5 Å². The summed E-state index contributed by atoms with van der Waals surface area (Å²) in [5, 5.41) is 23.2. The van der Waals surface area contributed by atoms with E-state index in [9.17, 15) is 22.9 Å². The van der Waals surface area contributed by atoms with Gasteiger partial charge in [0.05, 0.1) is 22.9 Å². The van der Waals surface area contributed by atoms with Crippen LogP contribution in [-0.2, 0) is 10.1 Å². The Morgan fingerprint density at radius 3 is 2.50 bits per heavy atom. The zero-order chi connectivity index (χ0) is 27.6. The average Bonchev–Trinajstić information content (AvgIpc) is 2.84. The molecule has 38 heavy (non-hydrogen) atoms. The molecule has 4 rings (SSSR count). The lowest BCUT2D eigenvalue weighted by Gasteiger charge is -2.13. The first-order valence-corrected chi connectivity index (χ1v) is 13.4. The number of ether oxygens (including phenoxy) is 1. The molecule has 4 aromatic rings. The molecule has 0 aromatic heterocycles. The van der Waals surface area contributed by atoms with Crippen molar-refractivity contribution in [1.82, 2.24) is 0 Å². The second-order valence-corrected chi connectivity index (χ2v) is 10.3. The number of benzene rings is 4. The van der Waals surface area contributed by atoms with Gasteiger partial charge >= 0.3 is 0 Å². The van der Waals surface area contributed by atoms with Gasteiger partial charge in [-0.05, 0) is 55.1 Å². The Morgan fingerprint density at radius 1 is 1.05 bits per heavy atom. The summed E-state index contributed by atoms with van der Waals surface area (Å²) in [6.45, 7) is 3.68. The number of carbonyl (C=O) groups is 1. The minimum Gasteiger partial charge on any atom is -0.505 e. The van der Waals surface area contributed by atoms with Gasteiger partial charge in [-0.3, -0.25) is 9.35 Å².